The molecule has 1 saturated carbocycles. The summed E-state index contributed by atoms with van der Waals surface area (Å²) >= 11 is 0. The number of hydrogen-bond donors (Lipinski definition) is 1. The first-order chi connectivity index (χ1) is 16.7. The Balaban J connectivity index is 1.40. The number of methoxy groups -OCH3 is 1. The minimum Gasteiger partial charge on any atom is -0.504 e. The van der Waals surface area contributed by atoms with Gasteiger partial charge in [-0.1, -0.05) is 44.2 Å². The third-order valence-electron chi connectivity index (χ3n) is 7.61. The van der Waals surface area contributed by atoms with Crippen molar-refractivity contribution in [3.05, 3.63) is 47.5 Å². The number of ether oxygens (including phenoxy) is 5. The zero-order valence-corrected chi connectivity index (χ0v) is 20.0. The molecule has 3 atom stereocenters. The maximum atomic E-state index is 10.0. The molecule has 3 unspecified atom stereocenters. The van der Waals surface area contributed by atoms with Gasteiger partial charge < -0.3 is 28.8 Å². The molecule has 6 nitrogen and oxygen atoms in total. The van der Waals surface area contributed by atoms with E-state index in [2.05, 4.69) is 12.1 Å². The summed E-state index contributed by atoms with van der Waals surface area (Å²) in [5.41, 5.74) is 2.15. The van der Waals surface area contributed by atoms with E-state index in [0.717, 1.165) is 29.0 Å². The average Bonchev–Trinajstić information content (AvgIpc) is 3.28. The molecule has 34 heavy (non-hydrogen) atoms. The molecule has 2 aliphatic heterocycles. The number of fused-ring (bicyclic) bond motifs is 1. The lowest BCUT2D eigenvalue weighted by Gasteiger charge is -2.38. The monoisotopic (exact) mass is 468 g/mol. The summed E-state index contributed by atoms with van der Waals surface area (Å²) < 4.78 is 29.8. The Morgan fingerprint density at radius 2 is 1.59 bits per heavy atom. The van der Waals surface area contributed by atoms with E-state index >= 15 is 0 Å². The molecular formula is C28H36O6. The summed E-state index contributed by atoms with van der Waals surface area (Å²) in [6.45, 7) is 1.51. The maximum Gasteiger partial charge on any atom is 0.231 e. The van der Waals surface area contributed by atoms with Crippen LogP contribution in [0.15, 0.2) is 36.4 Å². The Morgan fingerprint density at radius 3 is 2.41 bits per heavy atom. The van der Waals surface area contributed by atoms with Gasteiger partial charge in [0, 0.05) is 12.3 Å². The van der Waals surface area contributed by atoms with Gasteiger partial charge in [0.1, 0.15) is 0 Å². The van der Waals surface area contributed by atoms with Crippen LogP contribution in [0.2, 0.25) is 0 Å². The second-order valence-corrected chi connectivity index (χ2v) is 9.72. The number of aromatic hydroxyl groups is 1. The molecule has 2 fully saturated rings. The minimum absolute atomic E-state index is 0.0331. The smallest absolute Gasteiger partial charge is 0.231 e. The predicted molar refractivity (Wildman–Crippen MR) is 129 cm³/mol. The first kappa shape index (κ1) is 23.3. The van der Waals surface area contributed by atoms with Crippen molar-refractivity contribution >= 4 is 0 Å². The third-order valence-corrected chi connectivity index (χ3v) is 7.61. The highest BCUT2D eigenvalue weighted by Crippen LogP contribution is 2.44. The fourth-order valence-electron chi connectivity index (χ4n) is 5.71. The highest BCUT2D eigenvalue weighted by atomic mass is 16.7. The molecule has 1 saturated heterocycles. The number of phenolic OH excluding ortho intramolecular Hbond substituents is 1. The van der Waals surface area contributed by atoms with E-state index in [-0.39, 0.29) is 30.7 Å². The normalized spacial score (nSPS) is 26.2. The van der Waals surface area contributed by atoms with Crippen LogP contribution in [-0.4, -0.2) is 32.2 Å². The lowest BCUT2D eigenvalue weighted by molar-refractivity contribution is -0.105. The van der Waals surface area contributed by atoms with Crippen LogP contribution in [0.5, 0.6) is 23.0 Å². The molecular weight excluding hydrogens is 432 g/mol. The summed E-state index contributed by atoms with van der Waals surface area (Å²) in [5.74, 6) is 3.04. The fourth-order valence-corrected chi connectivity index (χ4v) is 5.71. The zero-order chi connectivity index (χ0) is 23.3. The summed E-state index contributed by atoms with van der Waals surface area (Å²) in [6.07, 6.45) is 9.57. The Labute approximate surface area is 202 Å². The Kier molecular flexibility index (Phi) is 7.45. The van der Waals surface area contributed by atoms with E-state index in [4.69, 9.17) is 23.7 Å². The van der Waals surface area contributed by atoms with Crippen molar-refractivity contribution < 1.29 is 28.8 Å². The van der Waals surface area contributed by atoms with Crippen molar-refractivity contribution in [1.29, 1.82) is 0 Å². The standard InChI is InChI=1S/C28H36O6/c1-30-26-15-20(9-11-23(26)29)24-13-14-31-28(21-10-12-25-27(16-21)34-18-33-25)22(17-32-24)19-7-5-3-2-4-6-8-19/h9-12,15-16,19,22,24,28-29H,2-8,13-14,17-18H2,1H3. The first-order valence-corrected chi connectivity index (χ1v) is 12.7. The van der Waals surface area contributed by atoms with E-state index in [9.17, 15) is 5.11 Å². The van der Waals surface area contributed by atoms with Gasteiger partial charge in [0.05, 0.1) is 32.5 Å². The molecule has 2 aromatic carbocycles. The van der Waals surface area contributed by atoms with Crippen LogP contribution in [0.3, 0.4) is 0 Å². The Bertz CT molecular complexity index is 952. The summed E-state index contributed by atoms with van der Waals surface area (Å²) in [5, 5.41) is 10.0. The molecule has 0 aromatic heterocycles. The molecule has 1 N–H and O–H groups in total. The molecule has 0 bridgehead atoms. The number of rotatable bonds is 4. The molecule has 0 radical (unpaired) electrons. The highest BCUT2D eigenvalue weighted by molar-refractivity contribution is 5.45. The molecule has 5 rings (SSSR count). The van der Waals surface area contributed by atoms with Crippen LogP contribution in [0.4, 0.5) is 0 Å². The van der Waals surface area contributed by atoms with E-state index in [1.165, 1.54) is 44.9 Å². The number of phenols is 1. The highest BCUT2D eigenvalue weighted by Gasteiger charge is 2.35. The van der Waals surface area contributed by atoms with Crippen LogP contribution < -0.4 is 14.2 Å². The minimum atomic E-state index is -0.0942. The maximum absolute atomic E-state index is 10.0. The van der Waals surface area contributed by atoms with Gasteiger partial charge in [0.2, 0.25) is 6.79 Å². The first-order valence-electron chi connectivity index (χ1n) is 12.7. The van der Waals surface area contributed by atoms with Crippen molar-refractivity contribution in [2.24, 2.45) is 11.8 Å². The van der Waals surface area contributed by atoms with Crippen LogP contribution in [0.1, 0.15) is 74.7 Å². The second-order valence-electron chi connectivity index (χ2n) is 9.72. The Morgan fingerprint density at radius 1 is 0.824 bits per heavy atom. The average molecular weight is 469 g/mol. The summed E-state index contributed by atoms with van der Waals surface area (Å²) in [6, 6.07) is 11.7. The SMILES string of the molecule is COc1cc(C2CCOC(c3ccc4c(c3)OCO4)C(C3CCCCCCC3)CO2)ccc1O. The second kappa shape index (κ2) is 10.9. The van der Waals surface area contributed by atoms with E-state index in [1.807, 2.05) is 18.2 Å². The number of hydrogen-bond acceptors (Lipinski definition) is 6. The van der Waals surface area contributed by atoms with Gasteiger partial charge in [-0.3, -0.25) is 0 Å². The van der Waals surface area contributed by atoms with E-state index < -0.39 is 0 Å². The van der Waals surface area contributed by atoms with Crippen molar-refractivity contribution in [1.82, 2.24) is 0 Å². The van der Waals surface area contributed by atoms with Gasteiger partial charge in [-0.25, -0.2) is 0 Å². The van der Waals surface area contributed by atoms with Crippen molar-refractivity contribution in [2.75, 3.05) is 27.1 Å². The lowest BCUT2D eigenvalue weighted by Crippen LogP contribution is -2.32. The van der Waals surface area contributed by atoms with Gasteiger partial charge in [-0.2, -0.15) is 0 Å². The summed E-state index contributed by atoms with van der Waals surface area (Å²) in [7, 11) is 1.57. The summed E-state index contributed by atoms with van der Waals surface area (Å²) in [4.78, 5) is 0. The van der Waals surface area contributed by atoms with Crippen molar-refractivity contribution in [3.8, 4) is 23.0 Å². The molecule has 6 heteroatoms. The van der Waals surface area contributed by atoms with Crippen LogP contribution >= 0.6 is 0 Å². The van der Waals surface area contributed by atoms with Gasteiger partial charge in [-0.05, 0) is 54.2 Å². The van der Waals surface area contributed by atoms with Crippen LogP contribution in [0, 0.1) is 11.8 Å². The largest absolute Gasteiger partial charge is 0.504 e. The van der Waals surface area contributed by atoms with Crippen molar-refractivity contribution in [2.45, 2.75) is 63.6 Å². The van der Waals surface area contributed by atoms with Crippen LogP contribution in [-0.2, 0) is 9.47 Å². The Hall–Kier alpha value is -2.44. The van der Waals surface area contributed by atoms with Gasteiger partial charge in [0.15, 0.2) is 23.0 Å². The molecule has 0 spiro atoms. The molecule has 3 aliphatic rings. The van der Waals surface area contributed by atoms with E-state index in [1.54, 1.807) is 13.2 Å². The van der Waals surface area contributed by atoms with Gasteiger partial charge >= 0.3 is 0 Å². The quantitative estimate of drug-likeness (QED) is 0.566. The molecule has 1 aliphatic carbocycles. The lowest BCUT2D eigenvalue weighted by atomic mass is 9.77. The zero-order valence-electron chi connectivity index (χ0n) is 20.0. The van der Waals surface area contributed by atoms with Gasteiger partial charge in [0.25, 0.3) is 0 Å². The van der Waals surface area contributed by atoms with Gasteiger partial charge in [-0.15, -0.1) is 0 Å². The molecule has 2 heterocycles. The topological polar surface area (TPSA) is 66.4 Å². The fraction of sp³-hybridized carbons (Fsp3) is 0.571. The molecule has 0 amide bonds. The molecule has 184 valence electrons. The third kappa shape index (κ3) is 5.13. The molecule has 2 aromatic rings. The number of benzene rings is 2. The van der Waals surface area contributed by atoms with Crippen molar-refractivity contribution in [3.63, 3.8) is 0 Å². The predicted octanol–water partition coefficient (Wildman–Crippen LogP) is 6.33. The van der Waals surface area contributed by atoms with Crippen LogP contribution in [0.25, 0.3) is 0 Å². The van der Waals surface area contributed by atoms with E-state index in [0.29, 0.717) is 24.9 Å².